The molecule has 0 aliphatic heterocycles. The van der Waals surface area contributed by atoms with E-state index in [-0.39, 0.29) is 23.1 Å². The molecule has 0 unspecified atom stereocenters. The molecule has 0 aliphatic rings. The normalized spacial score (nSPS) is 12.3. The standard InChI is InChI=1S/C10H11ClF3NO3S/c1-18-9-3-2-7(6-8(9)10(12,13)14)15-19(16,17)5-4-11/h2-3,6,15H,4-5H2,1H3. The largest absolute Gasteiger partial charge is 0.496 e. The van der Waals surface area contributed by atoms with Crippen LogP contribution >= 0.6 is 11.6 Å². The zero-order valence-electron chi connectivity index (χ0n) is 9.79. The van der Waals surface area contributed by atoms with Crippen molar-refractivity contribution in [1.29, 1.82) is 0 Å². The second-order valence-electron chi connectivity index (χ2n) is 3.52. The number of rotatable bonds is 5. The van der Waals surface area contributed by atoms with Gasteiger partial charge in [0.05, 0.1) is 18.4 Å². The first kappa shape index (κ1) is 15.9. The smallest absolute Gasteiger partial charge is 0.420 e. The second kappa shape index (κ2) is 5.87. The van der Waals surface area contributed by atoms with E-state index in [0.29, 0.717) is 6.07 Å². The fourth-order valence-electron chi connectivity index (χ4n) is 1.33. The molecule has 1 rings (SSSR count). The minimum Gasteiger partial charge on any atom is -0.496 e. The molecule has 108 valence electrons. The van der Waals surface area contributed by atoms with Crippen molar-refractivity contribution in [2.45, 2.75) is 6.18 Å². The maximum absolute atomic E-state index is 12.7. The highest BCUT2D eigenvalue weighted by atomic mass is 35.5. The van der Waals surface area contributed by atoms with Gasteiger partial charge in [0.1, 0.15) is 5.75 Å². The molecular weight excluding hydrogens is 307 g/mol. The Morgan fingerprint density at radius 3 is 2.47 bits per heavy atom. The molecule has 1 N–H and O–H groups in total. The van der Waals surface area contributed by atoms with Crippen LogP contribution in [-0.2, 0) is 16.2 Å². The number of halogens is 4. The maximum Gasteiger partial charge on any atom is 0.420 e. The second-order valence-corrected chi connectivity index (χ2v) is 5.74. The summed E-state index contributed by atoms with van der Waals surface area (Å²) in [5.41, 5.74) is -1.25. The van der Waals surface area contributed by atoms with Gasteiger partial charge >= 0.3 is 6.18 Å². The summed E-state index contributed by atoms with van der Waals surface area (Å²) in [6, 6.07) is 2.89. The van der Waals surface area contributed by atoms with Gasteiger partial charge in [-0.05, 0) is 18.2 Å². The lowest BCUT2D eigenvalue weighted by Crippen LogP contribution is -2.18. The van der Waals surface area contributed by atoms with E-state index in [0.717, 1.165) is 13.2 Å². The molecule has 0 atom stereocenters. The van der Waals surface area contributed by atoms with Crippen LogP contribution in [0.3, 0.4) is 0 Å². The van der Waals surface area contributed by atoms with Gasteiger partial charge in [0.25, 0.3) is 0 Å². The molecule has 0 heterocycles. The molecule has 0 fully saturated rings. The summed E-state index contributed by atoms with van der Waals surface area (Å²) in [5, 5.41) is 0. The first-order valence-corrected chi connectivity index (χ1v) is 7.20. The van der Waals surface area contributed by atoms with Gasteiger partial charge in [-0.15, -0.1) is 11.6 Å². The number of hydrogen-bond donors (Lipinski definition) is 1. The summed E-state index contributed by atoms with van der Waals surface area (Å²) < 4.78 is 67.6. The van der Waals surface area contributed by atoms with Gasteiger partial charge < -0.3 is 4.74 Å². The van der Waals surface area contributed by atoms with Crippen molar-refractivity contribution in [3.8, 4) is 5.75 Å². The van der Waals surface area contributed by atoms with Crippen molar-refractivity contribution in [2.75, 3.05) is 23.5 Å². The number of alkyl halides is 4. The topological polar surface area (TPSA) is 55.4 Å². The van der Waals surface area contributed by atoms with Gasteiger partial charge in [0.15, 0.2) is 0 Å². The third-order valence-electron chi connectivity index (χ3n) is 2.12. The highest BCUT2D eigenvalue weighted by Gasteiger charge is 2.34. The predicted octanol–water partition coefficient (Wildman–Crippen LogP) is 2.69. The Bertz CT molecular complexity index is 545. The average Bonchev–Trinajstić information content (AvgIpc) is 2.27. The summed E-state index contributed by atoms with van der Waals surface area (Å²) in [4.78, 5) is 0. The Morgan fingerprint density at radius 1 is 1.37 bits per heavy atom. The molecule has 0 saturated heterocycles. The van der Waals surface area contributed by atoms with Crippen LogP contribution in [0.1, 0.15) is 5.56 Å². The molecule has 1 aromatic rings. The number of benzene rings is 1. The third kappa shape index (κ3) is 4.46. The molecule has 9 heteroatoms. The van der Waals surface area contributed by atoms with Gasteiger partial charge in [-0.2, -0.15) is 13.2 Å². The molecule has 0 amide bonds. The van der Waals surface area contributed by atoms with E-state index < -0.39 is 21.8 Å². The minimum absolute atomic E-state index is 0.155. The quantitative estimate of drug-likeness (QED) is 0.850. The fraction of sp³-hybridized carbons (Fsp3) is 0.400. The zero-order chi connectivity index (χ0) is 14.7. The van der Waals surface area contributed by atoms with E-state index in [9.17, 15) is 21.6 Å². The molecule has 0 aliphatic carbocycles. The Kier molecular flexibility index (Phi) is 4.92. The Balaban J connectivity index is 3.13. The van der Waals surface area contributed by atoms with Gasteiger partial charge in [0, 0.05) is 11.6 Å². The van der Waals surface area contributed by atoms with Gasteiger partial charge in [-0.25, -0.2) is 8.42 Å². The first-order chi connectivity index (χ1) is 8.69. The lowest BCUT2D eigenvalue weighted by molar-refractivity contribution is -0.138. The number of anilines is 1. The van der Waals surface area contributed by atoms with Crippen molar-refractivity contribution in [1.82, 2.24) is 0 Å². The number of sulfonamides is 1. The van der Waals surface area contributed by atoms with E-state index >= 15 is 0 Å². The van der Waals surface area contributed by atoms with Crippen LogP contribution in [0.25, 0.3) is 0 Å². The molecule has 0 saturated carbocycles. The Hall–Kier alpha value is -1.15. The van der Waals surface area contributed by atoms with Crippen LogP contribution in [-0.4, -0.2) is 27.2 Å². The molecule has 0 aromatic heterocycles. The van der Waals surface area contributed by atoms with Crippen LogP contribution in [0, 0.1) is 0 Å². The van der Waals surface area contributed by atoms with Crippen molar-refractivity contribution in [3.05, 3.63) is 23.8 Å². The molecule has 1 aromatic carbocycles. The van der Waals surface area contributed by atoms with Crippen molar-refractivity contribution in [2.24, 2.45) is 0 Å². The number of hydrogen-bond acceptors (Lipinski definition) is 3. The van der Waals surface area contributed by atoms with Crippen LogP contribution in [0.2, 0.25) is 0 Å². The summed E-state index contributed by atoms with van der Waals surface area (Å²) in [5.74, 6) is -0.924. The van der Waals surface area contributed by atoms with Crippen LogP contribution in [0.5, 0.6) is 5.75 Å². The van der Waals surface area contributed by atoms with E-state index in [1.807, 2.05) is 4.72 Å². The number of ether oxygens (including phenoxy) is 1. The summed E-state index contributed by atoms with van der Waals surface area (Å²) in [6.45, 7) is 0. The van der Waals surface area contributed by atoms with E-state index in [1.54, 1.807) is 0 Å². The van der Waals surface area contributed by atoms with Crippen LogP contribution in [0.15, 0.2) is 18.2 Å². The van der Waals surface area contributed by atoms with Crippen molar-refractivity contribution in [3.63, 3.8) is 0 Å². The van der Waals surface area contributed by atoms with Crippen molar-refractivity contribution >= 4 is 27.3 Å². The molecule has 0 bridgehead atoms. The molecule has 0 radical (unpaired) electrons. The van der Waals surface area contributed by atoms with Crippen LogP contribution in [0.4, 0.5) is 18.9 Å². The third-order valence-corrected chi connectivity index (χ3v) is 3.83. The highest BCUT2D eigenvalue weighted by molar-refractivity contribution is 7.92. The van der Waals surface area contributed by atoms with E-state index in [2.05, 4.69) is 4.74 Å². The van der Waals surface area contributed by atoms with Crippen LogP contribution < -0.4 is 9.46 Å². The van der Waals surface area contributed by atoms with E-state index in [4.69, 9.17) is 11.6 Å². The fourth-order valence-corrected chi connectivity index (χ4v) is 2.73. The van der Waals surface area contributed by atoms with E-state index in [1.165, 1.54) is 6.07 Å². The number of nitrogens with one attached hydrogen (secondary N) is 1. The van der Waals surface area contributed by atoms with Gasteiger partial charge in [0.2, 0.25) is 10.0 Å². The molecular formula is C10H11ClF3NO3S. The van der Waals surface area contributed by atoms with Gasteiger partial charge in [-0.1, -0.05) is 0 Å². The Labute approximate surface area is 113 Å². The molecule has 0 spiro atoms. The predicted molar refractivity (Wildman–Crippen MR) is 66.1 cm³/mol. The van der Waals surface area contributed by atoms with Gasteiger partial charge in [-0.3, -0.25) is 4.72 Å². The molecule has 19 heavy (non-hydrogen) atoms. The molecule has 4 nitrogen and oxygen atoms in total. The summed E-state index contributed by atoms with van der Waals surface area (Å²) >= 11 is 5.28. The summed E-state index contributed by atoms with van der Waals surface area (Å²) in [6.07, 6.45) is -4.64. The summed E-state index contributed by atoms with van der Waals surface area (Å²) in [7, 11) is -2.66. The lowest BCUT2D eigenvalue weighted by Gasteiger charge is -2.14. The zero-order valence-corrected chi connectivity index (χ0v) is 11.4. The maximum atomic E-state index is 12.7. The SMILES string of the molecule is COc1ccc(NS(=O)(=O)CCCl)cc1C(F)(F)F. The average molecular weight is 318 g/mol. The minimum atomic E-state index is -4.64. The highest BCUT2D eigenvalue weighted by Crippen LogP contribution is 2.37. The first-order valence-electron chi connectivity index (χ1n) is 5.01. The Morgan fingerprint density at radius 2 is 2.00 bits per heavy atom. The van der Waals surface area contributed by atoms with Crippen molar-refractivity contribution < 1.29 is 26.3 Å². The number of methoxy groups -OCH3 is 1. The lowest BCUT2D eigenvalue weighted by atomic mass is 10.1. The monoisotopic (exact) mass is 317 g/mol.